The zero-order valence-electron chi connectivity index (χ0n) is 6.81. The molecule has 0 aliphatic heterocycles. The van der Waals surface area contributed by atoms with Gasteiger partial charge in [0.15, 0.2) is 0 Å². The first-order valence-corrected chi connectivity index (χ1v) is 4.52. The highest BCUT2D eigenvalue weighted by Crippen LogP contribution is 2.48. The molecule has 0 radical (unpaired) electrons. The van der Waals surface area contributed by atoms with Crippen molar-refractivity contribution in [1.29, 1.82) is 0 Å². The molecule has 1 heterocycles. The fraction of sp³-hybridized carbons (Fsp3) is 0.500. The Morgan fingerprint density at radius 3 is 2.92 bits per heavy atom. The fourth-order valence-corrected chi connectivity index (χ4v) is 2.52. The minimum Gasteiger partial charge on any atom is -0.361 e. The van der Waals surface area contributed by atoms with Gasteiger partial charge >= 0.3 is 0 Å². The van der Waals surface area contributed by atoms with Gasteiger partial charge in [-0.1, -0.05) is 17.3 Å². The average molecular weight is 161 g/mol. The van der Waals surface area contributed by atoms with Crippen LogP contribution >= 0.6 is 0 Å². The Kier molecular flexibility index (Phi) is 1.20. The van der Waals surface area contributed by atoms with Crippen LogP contribution in [-0.4, -0.2) is 5.16 Å². The van der Waals surface area contributed by atoms with Crippen LogP contribution < -0.4 is 0 Å². The Morgan fingerprint density at radius 1 is 1.33 bits per heavy atom. The molecule has 3 rings (SSSR count). The van der Waals surface area contributed by atoms with Crippen LogP contribution in [0.2, 0.25) is 0 Å². The highest BCUT2D eigenvalue weighted by atomic mass is 16.5. The Bertz CT molecular complexity index is 302. The molecular formula is C10H11NO. The first-order valence-electron chi connectivity index (χ1n) is 4.52. The second-order valence-corrected chi connectivity index (χ2v) is 3.80. The standard InChI is InChI=1S/C10H11NO/c1-2-8-5-7(1)6-9(8)10-3-4-11-12-10/h1-4,7-9H,5-6H2/t7-,8+,9-/m1/s1. The minimum absolute atomic E-state index is 0.613. The third-order valence-electron chi connectivity index (χ3n) is 3.10. The van der Waals surface area contributed by atoms with E-state index in [-0.39, 0.29) is 0 Å². The summed E-state index contributed by atoms with van der Waals surface area (Å²) < 4.78 is 5.19. The first kappa shape index (κ1) is 6.46. The number of fused-ring (bicyclic) bond motifs is 2. The van der Waals surface area contributed by atoms with Gasteiger partial charge in [0.1, 0.15) is 5.76 Å². The fourth-order valence-electron chi connectivity index (χ4n) is 2.52. The summed E-state index contributed by atoms with van der Waals surface area (Å²) in [4.78, 5) is 0. The zero-order chi connectivity index (χ0) is 7.97. The summed E-state index contributed by atoms with van der Waals surface area (Å²) in [7, 11) is 0. The lowest BCUT2D eigenvalue weighted by atomic mass is 9.91. The molecule has 2 heteroatoms. The average Bonchev–Trinajstić information content (AvgIpc) is 2.81. The Balaban J connectivity index is 1.92. The van der Waals surface area contributed by atoms with Crippen LogP contribution in [0.4, 0.5) is 0 Å². The lowest BCUT2D eigenvalue weighted by Crippen LogP contribution is -2.03. The number of nitrogens with zero attached hydrogens (tertiary/aromatic N) is 1. The molecule has 0 unspecified atom stereocenters. The van der Waals surface area contributed by atoms with Crippen molar-refractivity contribution >= 4 is 0 Å². The van der Waals surface area contributed by atoms with Crippen molar-refractivity contribution in [2.75, 3.05) is 0 Å². The summed E-state index contributed by atoms with van der Waals surface area (Å²) in [5, 5.41) is 3.75. The Morgan fingerprint density at radius 2 is 2.33 bits per heavy atom. The number of allylic oxidation sites excluding steroid dienone is 2. The largest absolute Gasteiger partial charge is 0.361 e. The lowest BCUT2D eigenvalue weighted by molar-refractivity contribution is 0.344. The van der Waals surface area contributed by atoms with E-state index in [1.54, 1.807) is 6.20 Å². The van der Waals surface area contributed by atoms with Gasteiger partial charge in [0.2, 0.25) is 0 Å². The molecule has 1 aromatic heterocycles. The van der Waals surface area contributed by atoms with Crippen molar-refractivity contribution in [1.82, 2.24) is 5.16 Å². The van der Waals surface area contributed by atoms with Gasteiger partial charge in [-0.25, -0.2) is 0 Å². The maximum Gasteiger partial charge on any atom is 0.140 e. The number of hydrogen-bond acceptors (Lipinski definition) is 2. The molecule has 1 saturated carbocycles. The van der Waals surface area contributed by atoms with Gasteiger partial charge in [-0.15, -0.1) is 0 Å². The SMILES string of the molecule is C1=C[C@H]2C[C@@H]1C[C@H]2c1ccno1. The minimum atomic E-state index is 0.613. The monoisotopic (exact) mass is 161 g/mol. The number of aromatic nitrogens is 1. The lowest BCUT2D eigenvalue weighted by Gasteiger charge is -2.13. The predicted molar refractivity (Wildman–Crippen MR) is 44.6 cm³/mol. The van der Waals surface area contributed by atoms with Crippen molar-refractivity contribution in [3.05, 3.63) is 30.2 Å². The summed E-state index contributed by atoms with van der Waals surface area (Å²) in [5.74, 6) is 3.22. The van der Waals surface area contributed by atoms with E-state index in [9.17, 15) is 0 Å². The van der Waals surface area contributed by atoms with E-state index in [1.165, 1.54) is 12.8 Å². The van der Waals surface area contributed by atoms with Gasteiger partial charge < -0.3 is 4.52 Å². The van der Waals surface area contributed by atoms with E-state index < -0.39 is 0 Å². The predicted octanol–water partition coefficient (Wildman–Crippen LogP) is 2.35. The first-order chi connectivity index (χ1) is 5.93. The topological polar surface area (TPSA) is 26.0 Å². The molecule has 62 valence electrons. The summed E-state index contributed by atoms with van der Waals surface area (Å²) in [6.45, 7) is 0. The molecule has 3 atom stereocenters. The van der Waals surface area contributed by atoms with Crippen LogP contribution in [0.3, 0.4) is 0 Å². The van der Waals surface area contributed by atoms with Crippen LogP contribution in [0, 0.1) is 11.8 Å². The van der Waals surface area contributed by atoms with Crippen LogP contribution in [0.25, 0.3) is 0 Å². The highest BCUT2D eigenvalue weighted by molar-refractivity contribution is 5.19. The van der Waals surface area contributed by atoms with Crippen molar-refractivity contribution in [2.24, 2.45) is 11.8 Å². The van der Waals surface area contributed by atoms with Gasteiger partial charge in [0.05, 0.1) is 6.20 Å². The van der Waals surface area contributed by atoms with Crippen molar-refractivity contribution in [3.63, 3.8) is 0 Å². The van der Waals surface area contributed by atoms with E-state index in [0.717, 1.165) is 17.6 Å². The molecule has 1 aromatic rings. The highest BCUT2D eigenvalue weighted by Gasteiger charge is 2.38. The van der Waals surface area contributed by atoms with E-state index in [2.05, 4.69) is 17.3 Å². The summed E-state index contributed by atoms with van der Waals surface area (Å²) >= 11 is 0. The molecule has 0 spiro atoms. The normalized spacial score (nSPS) is 37.8. The van der Waals surface area contributed by atoms with Crippen molar-refractivity contribution < 1.29 is 4.52 Å². The van der Waals surface area contributed by atoms with E-state index in [1.807, 2.05) is 6.07 Å². The maximum absolute atomic E-state index is 5.19. The maximum atomic E-state index is 5.19. The molecule has 2 nitrogen and oxygen atoms in total. The number of hydrogen-bond donors (Lipinski definition) is 0. The quantitative estimate of drug-likeness (QED) is 0.591. The van der Waals surface area contributed by atoms with Gasteiger partial charge in [0.25, 0.3) is 0 Å². The third-order valence-corrected chi connectivity index (χ3v) is 3.10. The number of rotatable bonds is 1. The molecule has 2 bridgehead atoms. The van der Waals surface area contributed by atoms with E-state index in [4.69, 9.17) is 4.52 Å². The second kappa shape index (κ2) is 2.22. The van der Waals surface area contributed by atoms with E-state index >= 15 is 0 Å². The van der Waals surface area contributed by atoms with Gasteiger partial charge in [-0.2, -0.15) is 0 Å². The summed E-state index contributed by atoms with van der Waals surface area (Å²) in [5.41, 5.74) is 0. The Labute approximate surface area is 71.3 Å². The summed E-state index contributed by atoms with van der Waals surface area (Å²) in [6, 6.07) is 2.00. The zero-order valence-corrected chi connectivity index (χ0v) is 6.81. The molecule has 0 amide bonds. The van der Waals surface area contributed by atoms with Crippen LogP contribution in [-0.2, 0) is 0 Å². The van der Waals surface area contributed by atoms with Crippen molar-refractivity contribution in [3.8, 4) is 0 Å². The molecule has 2 aliphatic carbocycles. The molecule has 0 aromatic carbocycles. The molecular weight excluding hydrogens is 150 g/mol. The van der Waals surface area contributed by atoms with Crippen LogP contribution in [0.15, 0.2) is 28.9 Å². The van der Waals surface area contributed by atoms with Crippen LogP contribution in [0.5, 0.6) is 0 Å². The molecule has 2 aliphatic rings. The molecule has 12 heavy (non-hydrogen) atoms. The third kappa shape index (κ3) is 0.779. The summed E-state index contributed by atoms with van der Waals surface area (Å²) in [6.07, 6.45) is 9.01. The second-order valence-electron chi connectivity index (χ2n) is 3.80. The van der Waals surface area contributed by atoms with Gasteiger partial charge in [0, 0.05) is 12.0 Å². The van der Waals surface area contributed by atoms with Gasteiger partial charge in [-0.05, 0) is 24.7 Å². The van der Waals surface area contributed by atoms with Crippen LogP contribution in [0.1, 0.15) is 24.5 Å². The Hall–Kier alpha value is -1.05. The van der Waals surface area contributed by atoms with Gasteiger partial charge in [-0.3, -0.25) is 0 Å². The van der Waals surface area contributed by atoms with Crippen molar-refractivity contribution in [2.45, 2.75) is 18.8 Å². The molecule has 1 fully saturated rings. The van der Waals surface area contributed by atoms with E-state index in [0.29, 0.717) is 5.92 Å². The molecule has 0 N–H and O–H groups in total. The molecule has 0 saturated heterocycles. The smallest absolute Gasteiger partial charge is 0.140 e.